The highest BCUT2D eigenvalue weighted by Crippen LogP contribution is 2.65. The van der Waals surface area contributed by atoms with Crippen LogP contribution in [-0.4, -0.2) is 63.2 Å². The number of non-ortho nitro benzene ring substituents is 1. The number of rotatable bonds is 10. The van der Waals surface area contributed by atoms with Gasteiger partial charge in [-0.25, -0.2) is 9.69 Å². The quantitative estimate of drug-likeness (QED) is 0.0953. The molecular weight excluding hydrogens is 734 g/mol. The number of para-hydroxylation sites is 1. The molecule has 2 N–H and O–H groups in total. The van der Waals surface area contributed by atoms with Crippen LogP contribution in [0.25, 0.3) is 0 Å². The van der Waals surface area contributed by atoms with Gasteiger partial charge in [0.15, 0.2) is 0 Å². The monoisotopic (exact) mass is 769 g/mol. The molecule has 0 bridgehead atoms. The summed E-state index contributed by atoms with van der Waals surface area (Å²) in [5.74, 6) is -4.59. The number of fused-ring (bicyclic) bond motifs is 3. The molecule has 14 nitrogen and oxygen atoms in total. The molecule has 6 atom stereocenters. The fourth-order valence-electron chi connectivity index (χ4n) is 8.66. The zero-order chi connectivity index (χ0) is 39.8. The number of carbonyl (C=O) groups is 4. The van der Waals surface area contributed by atoms with E-state index in [9.17, 15) is 34.7 Å². The van der Waals surface area contributed by atoms with Gasteiger partial charge in [-0.3, -0.25) is 29.4 Å². The van der Waals surface area contributed by atoms with E-state index in [0.717, 1.165) is 4.90 Å². The summed E-state index contributed by atoms with van der Waals surface area (Å²) in [5.41, 5.74) is 0.213. The zero-order valence-electron chi connectivity index (χ0n) is 30.1. The molecule has 2 saturated heterocycles. The Morgan fingerprint density at radius 2 is 1.42 bits per heavy atom. The van der Waals surface area contributed by atoms with Gasteiger partial charge in [-0.2, -0.15) is 0 Å². The zero-order valence-corrected chi connectivity index (χ0v) is 30.1. The first-order valence-electron chi connectivity index (χ1n) is 18.1. The van der Waals surface area contributed by atoms with Crippen LogP contribution in [0.5, 0.6) is 5.75 Å². The van der Waals surface area contributed by atoms with Crippen molar-refractivity contribution in [3.05, 3.63) is 171 Å². The summed E-state index contributed by atoms with van der Waals surface area (Å²) in [4.78, 5) is 71.4. The molecule has 5 aromatic carbocycles. The number of morpholine rings is 1. The average molecular weight is 770 g/mol. The fourth-order valence-corrected chi connectivity index (χ4v) is 8.66. The Morgan fingerprint density at radius 1 is 0.789 bits per heavy atom. The standard InChI is InChI=1S/C43H35N3O11/c47-23-24-55-31-21-17-29(18-22-31)38-43(32-13-7-8-14-33(32)44(41(43)51)42(52)56-25-26-15-19-30(20-16-26)46(53)54)34(39(48)49)36-40(50)57-37(28-11-5-2-6-12-28)35(45(36)38)27-9-3-1-4-10-27/h1-22,34-38,47H,23-25H2,(H,48,49)/t34-,35-,36-,37+,38+,43-/m0/s1. The number of cyclic esters (lactones) is 1. The topological polar surface area (TPSA) is 186 Å². The highest BCUT2D eigenvalue weighted by molar-refractivity contribution is 6.23. The maximum absolute atomic E-state index is 15.6. The lowest BCUT2D eigenvalue weighted by Gasteiger charge is -2.46. The number of carboxylic acid groups (broad SMARTS) is 1. The summed E-state index contributed by atoms with van der Waals surface area (Å²) in [6.07, 6.45) is -2.04. The molecule has 2 amide bonds. The van der Waals surface area contributed by atoms with Crippen LogP contribution in [0.15, 0.2) is 133 Å². The number of carbonyl (C=O) groups excluding carboxylic acids is 3. The molecule has 288 valence electrons. The first-order valence-corrected chi connectivity index (χ1v) is 18.1. The summed E-state index contributed by atoms with van der Waals surface area (Å²) in [6, 6.07) is 33.1. The Bertz CT molecular complexity index is 2340. The molecule has 14 heteroatoms. The molecule has 3 aliphatic rings. The molecule has 57 heavy (non-hydrogen) atoms. The largest absolute Gasteiger partial charge is 0.491 e. The van der Waals surface area contributed by atoms with Crippen molar-refractivity contribution in [2.45, 2.75) is 36.3 Å². The number of hydrogen-bond acceptors (Lipinski definition) is 11. The van der Waals surface area contributed by atoms with Crippen molar-refractivity contribution in [2.75, 3.05) is 18.1 Å². The second-order valence-corrected chi connectivity index (χ2v) is 13.9. The number of carboxylic acids is 1. The Labute approximate surface area is 325 Å². The highest BCUT2D eigenvalue weighted by atomic mass is 16.6. The van der Waals surface area contributed by atoms with Crippen LogP contribution in [0.1, 0.15) is 46.0 Å². The van der Waals surface area contributed by atoms with Gasteiger partial charge >= 0.3 is 18.0 Å². The molecule has 0 radical (unpaired) electrons. The Kier molecular flexibility index (Phi) is 9.73. The van der Waals surface area contributed by atoms with Gasteiger partial charge in [-0.15, -0.1) is 0 Å². The van der Waals surface area contributed by atoms with Crippen molar-refractivity contribution >= 4 is 35.3 Å². The van der Waals surface area contributed by atoms with Crippen molar-refractivity contribution in [1.29, 1.82) is 0 Å². The SMILES string of the molecule is O=C1O[C@H](c2ccccc2)[C@H](c2ccccc2)N2[C@H]1[C@@H](C(=O)O)[C@]1(C(=O)N(C(=O)OCc3ccc([N+](=O)[O-])cc3)c3ccccc31)[C@H]2c1ccc(OCCO)cc1. The number of benzene rings is 5. The van der Waals surface area contributed by atoms with Gasteiger partial charge in [0.2, 0.25) is 5.91 Å². The molecule has 0 unspecified atom stereocenters. The number of ether oxygens (including phenoxy) is 3. The number of aliphatic hydroxyl groups excluding tert-OH is 1. The Morgan fingerprint density at radius 3 is 2.05 bits per heavy atom. The van der Waals surface area contributed by atoms with Gasteiger partial charge in [0.25, 0.3) is 5.69 Å². The van der Waals surface area contributed by atoms with E-state index in [0.29, 0.717) is 28.0 Å². The van der Waals surface area contributed by atoms with Crippen molar-refractivity contribution in [2.24, 2.45) is 5.92 Å². The summed E-state index contributed by atoms with van der Waals surface area (Å²) in [7, 11) is 0. The summed E-state index contributed by atoms with van der Waals surface area (Å²) >= 11 is 0. The first-order chi connectivity index (χ1) is 27.7. The molecule has 1 spiro atoms. The predicted molar refractivity (Wildman–Crippen MR) is 202 cm³/mol. The summed E-state index contributed by atoms with van der Waals surface area (Å²) in [5, 5.41) is 31.9. The Hall–Kier alpha value is -6.90. The molecule has 8 rings (SSSR count). The van der Waals surface area contributed by atoms with Crippen LogP contribution in [0, 0.1) is 16.0 Å². The van der Waals surface area contributed by atoms with Gasteiger partial charge in [0.05, 0.1) is 29.3 Å². The number of nitrogens with zero attached hydrogens (tertiary/aromatic N) is 3. The van der Waals surface area contributed by atoms with E-state index in [1.165, 1.54) is 30.3 Å². The van der Waals surface area contributed by atoms with Crippen LogP contribution in [-0.2, 0) is 35.9 Å². The van der Waals surface area contributed by atoms with Crippen LogP contribution in [0.4, 0.5) is 16.2 Å². The molecule has 3 heterocycles. The average Bonchev–Trinajstić information content (AvgIpc) is 3.69. The third-order valence-corrected chi connectivity index (χ3v) is 10.9. The van der Waals surface area contributed by atoms with Gasteiger partial charge < -0.3 is 24.4 Å². The molecule has 2 fully saturated rings. The van der Waals surface area contributed by atoms with E-state index in [4.69, 9.17) is 14.2 Å². The molecule has 5 aromatic rings. The normalized spacial score (nSPS) is 23.7. The van der Waals surface area contributed by atoms with Crippen LogP contribution in [0.3, 0.4) is 0 Å². The highest BCUT2D eigenvalue weighted by Gasteiger charge is 2.76. The number of esters is 1. The van der Waals surface area contributed by atoms with Crippen molar-refractivity contribution in [1.82, 2.24) is 4.90 Å². The smallest absolute Gasteiger partial charge is 0.421 e. The second-order valence-electron chi connectivity index (χ2n) is 13.9. The summed E-state index contributed by atoms with van der Waals surface area (Å²) in [6.45, 7) is -0.565. The number of aliphatic hydroxyl groups is 1. The van der Waals surface area contributed by atoms with Crippen LogP contribution in [0.2, 0.25) is 0 Å². The van der Waals surface area contributed by atoms with E-state index < -0.39 is 64.4 Å². The van der Waals surface area contributed by atoms with E-state index in [-0.39, 0.29) is 36.8 Å². The van der Waals surface area contributed by atoms with Gasteiger partial charge in [0, 0.05) is 12.1 Å². The number of aliphatic carboxylic acids is 1. The number of imide groups is 1. The third kappa shape index (κ3) is 6.15. The van der Waals surface area contributed by atoms with Crippen LogP contribution >= 0.6 is 0 Å². The summed E-state index contributed by atoms with van der Waals surface area (Å²) < 4.78 is 17.5. The maximum atomic E-state index is 15.6. The van der Waals surface area contributed by atoms with Crippen molar-refractivity contribution in [3.8, 4) is 5.75 Å². The number of hydrogen-bond donors (Lipinski definition) is 2. The maximum Gasteiger partial charge on any atom is 0.421 e. The van der Waals surface area contributed by atoms with Crippen molar-refractivity contribution in [3.63, 3.8) is 0 Å². The lowest BCUT2D eigenvalue weighted by atomic mass is 9.65. The molecular formula is C43H35N3O11. The number of anilines is 1. The van der Waals surface area contributed by atoms with E-state index >= 15 is 4.79 Å². The van der Waals surface area contributed by atoms with Gasteiger partial charge in [-0.05, 0) is 58.1 Å². The van der Waals surface area contributed by atoms with Gasteiger partial charge in [0.1, 0.15) is 42.4 Å². The van der Waals surface area contributed by atoms with E-state index in [1.807, 2.05) is 60.7 Å². The third-order valence-electron chi connectivity index (χ3n) is 10.9. The number of amides is 2. The molecule has 0 aromatic heterocycles. The molecule has 3 aliphatic heterocycles. The number of nitro groups is 1. The fraction of sp³-hybridized carbons (Fsp3) is 0.209. The minimum absolute atomic E-state index is 0.0193. The molecule has 0 aliphatic carbocycles. The minimum Gasteiger partial charge on any atom is -0.491 e. The van der Waals surface area contributed by atoms with Crippen LogP contribution < -0.4 is 9.64 Å². The lowest BCUT2D eigenvalue weighted by Crippen LogP contribution is -2.53. The number of nitro benzene ring substituents is 1. The van der Waals surface area contributed by atoms with Gasteiger partial charge in [-0.1, -0.05) is 91.0 Å². The molecule has 0 saturated carbocycles. The lowest BCUT2D eigenvalue weighted by molar-refractivity contribution is -0.384. The minimum atomic E-state index is -2.11. The Balaban J connectivity index is 1.32. The predicted octanol–water partition coefficient (Wildman–Crippen LogP) is 6.05. The van der Waals surface area contributed by atoms with E-state index in [2.05, 4.69) is 0 Å². The van der Waals surface area contributed by atoms with Crippen molar-refractivity contribution < 1.29 is 48.5 Å². The first kappa shape index (κ1) is 37.0. The second kappa shape index (κ2) is 15.0. The van der Waals surface area contributed by atoms with E-state index in [1.54, 1.807) is 47.4 Å².